The summed E-state index contributed by atoms with van der Waals surface area (Å²) >= 11 is 1.23. The zero-order chi connectivity index (χ0) is 29.1. The van der Waals surface area contributed by atoms with Gasteiger partial charge in [0.05, 0.1) is 55.8 Å². The van der Waals surface area contributed by atoms with Gasteiger partial charge in [-0.15, -0.1) is 0 Å². The molecule has 1 N–H and O–H groups in total. The summed E-state index contributed by atoms with van der Waals surface area (Å²) in [6.07, 6.45) is 1.72. The van der Waals surface area contributed by atoms with Gasteiger partial charge < -0.3 is 24.3 Å². The molecule has 1 atom stereocenters. The van der Waals surface area contributed by atoms with E-state index < -0.39 is 6.04 Å². The summed E-state index contributed by atoms with van der Waals surface area (Å²) in [5.41, 5.74) is 2.56. The zero-order valence-corrected chi connectivity index (χ0v) is 24.1. The van der Waals surface area contributed by atoms with Crippen LogP contribution in [0.1, 0.15) is 24.1 Å². The number of allylic oxidation sites excluding steroid dienone is 1. The number of hydrogen-bond acceptors (Lipinski definition) is 8. The molecule has 41 heavy (non-hydrogen) atoms. The number of carbonyl (C=O) groups excluding carboxylic acids is 1. The minimum absolute atomic E-state index is 0.299. The second-order valence-corrected chi connectivity index (χ2v) is 10.1. The van der Waals surface area contributed by atoms with E-state index in [4.69, 9.17) is 23.9 Å². The molecule has 0 unspecified atom stereocenters. The summed E-state index contributed by atoms with van der Waals surface area (Å²) in [5, 5.41) is 2.96. The van der Waals surface area contributed by atoms with Crippen molar-refractivity contribution in [3.05, 3.63) is 109 Å². The number of carbonyl (C=O) groups is 1. The second-order valence-electron chi connectivity index (χ2n) is 9.12. The Balaban J connectivity index is 1.70. The minimum atomic E-state index is -0.720. The molecule has 210 valence electrons. The van der Waals surface area contributed by atoms with E-state index in [0.29, 0.717) is 54.9 Å². The highest BCUT2D eigenvalue weighted by atomic mass is 32.1. The number of hydrogen-bond donors (Lipinski definition) is 1. The maximum absolute atomic E-state index is 14.1. The number of ether oxygens (including phenoxy) is 4. The van der Waals surface area contributed by atoms with Gasteiger partial charge >= 0.3 is 0 Å². The molecule has 0 saturated carbocycles. The molecule has 4 aromatic rings. The standard InChI is InChI=1S/C31H29N3O6S/c1-18-27(29(35)33-20-9-7-6-8-10-20)28(19-11-13-21(37-2)14-12-19)34-30(36)26(41-31(34)32-18)17-23-24(39-4)15-22(38-3)16-25(23)40-5/h6-17,28H,1-5H3,(H,33,35)/b26-17-/t28-/m1/s1. The number of methoxy groups -OCH3 is 4. The van der Waals surface area contributed by atoms with Crippen LogP contribution in [-0.4, -0.2) is 38.9 Å². The quantitative estimate of drug-likeness (QED) is 0.344. The number of rotatable bonds is 8. The Morgan fingerprint density at radius 2 is 1.54 bits per heavy atom. The average Bonchev–Trinajstić information content (AvgIpc) is 3.30. The molecule has 1 aliphatic heterocycles. The number of aromatic nitrogens is 1. The molecule has 0 bridgehead atoms. The van der Waals surface area contributed by atoms with Crippen LogP contribution in [0.4, 0.5) is 5.69 Å². The molecule has 3 aromatic carbocycles. The van der Waals surface area contributed by atoms with Gasteiger partial charge in [0.15, 0.2) is 4.80 Å². The van der Waals surface area contributed by atoms with Crippen LogP contribution in [-0.2, 0) is 4.79 Å². The molecule has 2 heterocycles. The molecule has 9 nitrogen and oxygen atoms in total. The number of amides is 1. The normalized spacial score (nSPS) is 14.7. The predicted octanol–water partition coefficient (Wildman–Crippen LogP) is 3.91. The third-order valence-corrected chi connectivity index (χ3v) is 7.74. The van der Waals surface area contributed by atoms with Crippen molar-refractivity contribution in [1.29, 1.82) is 0 Å². The Morgan fingerprint density at radius 1 is 0.902 bits per heavy atom. The van der Waals surface area contributed by atoms with Crippen molar-refractivity contribution < 1.29 is 23.7 Å². The van der Waals surface area contributed by atoms with Crippen LogP contribution in [0, 0.1) is 0 Å². The van der Waals surface area contributed by atoms with Crippen LogP contribution >= 0.6 is 11.3 Å². The first-order valence-electron chi connectivity index (χ1n) is 12.7. The summed E-state index contributed by atoms with van der Waals surface area (Å²) in [6.45, 7) is 1.78. The van der Waals surface area contributed by atoms with Gasteiger partial charge in [0.2, 0.25) is 0 Å². The Hall–Kier alpha value is -4.83. The van der Waals surface area contributed by atoms with Crippen molar-refractivity contribution in [2.24, 2.45) is 4.99 Å². The van der Waals surface area contributed by atoms with Gasteiger partial charge in [-0.1, -0.05) is 41.7 Å². The number of thiazole rings is 1. The first-order valence-corrected chi connectivity index (χ1v) is 13.5. The molecular weight excluding hydrogens is 542 g/mol. The molecule has 10 heteroatoms. The molecular formula is C31H29N3O6S. The Morgan fingerprint density at radius 3 is 2.12 bits per heavy atom. The van der Waals surface area contributed by atoms with Crippen LogP contribution in [0.15, 0.2) is 87.8 Å². The first-order chi connectivity index (χ1) is 19.9. The number of nitrogens with one attached hydrogen (secondary N) is 1. The summed E-state index contributed by atoms with van der Waals surface area (Å²) < 4.78 is 23.8. The predicted molar refractivity (Wildman–Crippen MR) is 158 cm³/mol. The SMILES string of the molecule is COc1ccc([C@@H]2C(C(=O)Nc3ccccc3)=C(C)N=c3s/c(=C\c4c(OC)cc(OC)cc4OC)c(=O)n32)cc1. The molecule has 0 fully saturated rings. The van der Waals surface area contributed by atoms with Crippen molar-refractivity contribution in [3.8, 4) is 23.0 Å². The highest BCUT2D eigenvalue weighted by Crippen LogP contribution is 2.35. The maximum Gasteiger partial charge on any atom is 0.271 e. The summed E-state index contributed by atoms with van der Waals surface area (Å²) in [5.74, 6) is 1.85. The smallest absolute Gasteiger partial charge is 0.271 e. The number of benzene rings is 3. The third kappa shape index (κ3) is 5.33. The average molecular weight is 572 g/mol. The fourth-order valence-electron chi connectivity index (χ4n) is 4.74. The first kappa shape index (κ1) is 27.7. The highest BCUT2D eigenvalue weighted by Gasteiger charge is 2.32. The van der Waals surface area contributed by atoms with Gasteiger partial charge in [-0.25, -0.2) is 4.99 Å². The summed E-state index contributed by atoms with van der Waals surface area (Å²) in [7, 11) is 6.22. The molecule has 1 aromatic heterocycles. The van der Waals surface area contributed by atoms with Crippen molar-refractivity contribution in [2.75, 3.05) is 33.8 Å². The van der Waals surface area contributed by atoms with Crippen LogP contribution in [0.3, 0.4) is 0 Å². The minimum Gasteiger partial charge on any atom is -0.497 e. The Labute approximate surface area is 240 Å². The maximum atomic E-state index is 14.1. The number of nitrogens with zero attached hydrogens (tertiary/aromatic N) is 2. The number of fused-ring (bicyclic) bond motifs is 1. The van der Waals surface area contributed by atoms with Gasteiger partial charge in [0, 0.05) is 17.8 Å². The lowest BCUT2D eigenvalue weighted by Gasteiger charge is -2.25. The van der Waals surface area contributed by atoms with E-state index >= 15 is 0 Å². The van der Waals surface area contributed by atoms with Gasteiger partial charge in [0.25, 0.3) is 11.5 Å². The molecule has 0 spiro atoms. The van der Waals surface area contributed by atoms with Crippen molar-refractivity contribution in [2.45, 2.75) is 13.0 Å². The van der Waals surface area contributed by atoms with E-state index in [2.05, 4.69) is 5.32 Å². The molecule has 1 amide bonds. The van der Waals surface area contributed by atoms with Gasteiger partial charge in [-0.2, -0.15) is 0 Å². The Bertz CT molecular complexity index is 1780. The highest BCUT2D eigenvalue weighted by molar-refractivity contribution is 7.07. The summed E-state index contributed by atoms with van der Waals surface area (Å²) in [4.78, 5) is 33.0. The molecule has 0 aliphatic carbocycles. The zero-order valence-electron chi connectivity index (χ0n) is 23.3. The topological polar surface area (TPSA) is 100 Å². The van der Waals surface area contributed by atoms with Crippen LogP contribution in [0.5, 0.6) is 23.0 Å². The van der Waals surface area contributed by atoms with Crippen molar-refractivity contribution >= 4 is 29.0 Å². The lowest BCUT2D eigenvalue weighted by Crippen LogP contribution is -2.40. The van der Waals surface area contributed by atoms with Crippen molar-refractivity contribution in [3.63, 3.8) is 0 Å². The fourth-order valence-corrected chi connectivity index (χ4v) is 5.77. The second kappa shape index (κ2) is 11.7. The van der Waals surface area contributed by atoms with Crippen LogP contribution in [0.2, 0.25) is 0 Å². The summed E-state index contributed by atoms with van der Waals surface area (Å²) in [6, 6.07) is 19.2. The van der Waals surface area contributed by atoms with E-state index in [-0.39, 0.29) is 11.5 Å². The monoisotopic (exact) mass is 571 g/mol. The van der Waals surface area contributed by atoms with Gasteiger partial charge in [0.1, 0.15) is 23.0 Å². The van der Waals surface area contributed by atoms with E-state index in [9.17, 15) is 9.59 Å². The van der Waals surface area contributed by atoms with E-state index in [0.717, 1.165) is 5.56 Å². The lowest BCUT2D eigenvalue weighted by atomic mass is 9.95. The van der Waals surface area contributed by atoms with Gasteiger partial charge in [-0.05, 0) is 42.8 Å². The molecule has 0 saturated heterocycles. The number of para-hydroxylation sites is 1. The molecule has 1 aliphatic rings. The van der Waals surface area contributed by atoms with E-state index in [1.807, 2.05) is 30.3 Å². The molecule has 0 radical (unpaired) electrons. The molecule has 5 rings (SSSR count). The Kier molecular flexibility index (Phi) is 7.93. The van der Waals surface area contributed by atoms with Crippen LogP contribution < -0.4 is 39.2 Å². The van der Waals surface area contributed by atoms with E-state index in [1.54, 1.807) is 68.2 Å². The van der Waals surface area contributed by atoms with Crippen molar-refractivity contribution in [1.82, 2.24) is 4.57 Å². The third-order valence-electron chi connectivity index (χ3n) is 6.76. The largest absolute Gasteiger partial charge is 0.497 e. The van der Waals surface area contributed by atoms with Gasteiger partial charge in [-0.3, -0.25) is 14.2 Å². The van der Waals surface area contributed by atoms with Crippen LogP contribution in [0.25, 0.3) is 6.08 Å². The van der Waals surface area contributed by atoms with E-state index in [1.165, 1.54) is 25.6 Å². The lowest BCUT2D eigenvalue weighted by molar-refractivity contribution is -0.113. The fraction of sp³-hybridized carbons (Fsp3) is 0.194. The number of anilines is 1.